The number of fused-ring (bicyclic) bond motifs is 1. The van der Waals surface area contributed by atoms with Gasteiger partial charge in [-0.3, -0.25) is 0 Å². The van der Waals surface area contributed by atoms with Crippen LogP contribution in [0.5, 0.6) is 0 Å². The van der Waals surface area contributed by atoms with Gasteiger partial charge in [-0.15, -0.1) is 21.5 Å². The second kappa shape index (κ2) is 5.34. The van der Waals surface area contributed by atoms with Gasteiger partial charge in [0.05, 0.1) is 10.6 Å². The van der Waals surface area contributed by atoms with Crippen LogP contribution in [0.25, 0.3) is 16.4 Å². The molecular weight excluding hydrogens is 304 g/mol. The Kier molecular flexibility index (Phi) is 3.21. The van der Waals surface area contributed by atoms with Gasteiger partial charge in [0, 0.05) is 18.1 Å². The van der Waals surface area contributed by atoms with Crippen molar-refractivity contribution in [3.05, 3.63) is 53.8 Å². The summed E-state index contributed by atoms with van der Waals surface area (Å²) >= 11 is 3.08. The van der Waals surface area contributed by atoms with E-state index in [0.29, 0.717) is 16.9 Å². The molecule has 5 nitrogen and oxygen atoms in total. The minimum atomic E-state index is 0.565. The maximum Gasteiger partial charge on any atom is 0.277 e. The van der Waals surface area contributed by atoms with E-state index in [2.05, 4.69) is 15.2 Å². The lowest BCUT2D eigenvalue weighted by Crippen LogP contribution is -1.79. The summed E-state index contributed by atoms with van der Waals surface area (Å²) in [6.07, 6.45) is 4.00. The van der Waals surface area contributed by atoms with Crippen molar-refractivity contribution >= 4 is 28.7 Å². The monoisotopic (exact) mass is 314 g/mol. The lowest BCUT2D eigenvalue weighted by Gasteiger charge is -1.91. The van der Waals surface area contributed by atoms with E-state index in [1.165, 1.54) is 11.8 Å². The highest BCUT2D eigenvalue weighted by Gasteiger charge is 2.10. The van der Waals surface area contributed by atoms with Gasteiger partial charge in [0.15, 0.2) is 0 Å². The minimum Gasteiger partial charge on any atom is -0.410 e. The van der Waals surface area contributed by atoms with Crippen molar-refractivity contribution in [1.29, 1.82) is 0 Å². The molecule has 0 atom stereocenters. The van der Waals surface area contributed by atoms with E-state index in [1.54, 1.807) is 11.3 Å². The van der Waals surface area contributed by atoms with Crippen LogP contribution in [0, 0.1) is 0 Å². The van der Waals surface area contributed by atoms with E-state index in [-0.39, 0.29) is 0 Å². The fourth-order valence-electron chi connectivity index (χ4n) is 1.96. The molecule has 4 heterocycles. The molecule has 0 bridgehead atoms. The fraction of sp³-hybridized carbons (Fsp3) is 0.0714. The molecule has 0 amide bonds. The predicted octanol–water partition coefficient (Wildman–Crippen LogP) is 3.74. The molecule has 4 rings (SSSR count). The molecule has 104 valence electrons. The number of aromatic nitrogens is 4. The molecule has 0 radical (unpaired) electrons. The number of thiophene rings is 1. The molecule has 0 N–H and O–H groups in total. The number of imidazole rings is 1. The Morgan fingerprint density at radius 3 is 3.05 bits per heavy atom. The maximum atomic E-state index is 5.64. The van der Waals surface area contributed by atoms with Crippen molar-refractivity contribution in [1.82, 2.24) is 19.6 Å². The zero-order valence-corrected chi connectivity index (χ0v) is 12.5. The summed E-state index contributed by atoms with van der Waals surface area (Å²) in [6, 6.07) is 9.87. The van der Waals surface area contributed by atoms with Crippen LogP contribution in [-0.2, 0) is 5.75 Å². The summed E-state index contributed by atoms with van der Waals surface area (Å²) in [6.45, 7) is 0. The van der Waals surface area contributed by atoms with E-state index < -0.39 is 0 Å². The topological polar surface area (TPSA) is 56.2 Å². The average molecular weight is 314 g/mol. The van der Waals surface area contributed by atoms with Gasteiger partial charge >= 0.3 is 0 Å². The van der Waals surface area contributed by atoms with Crippen LogP contribution in [0.1, 0.15) is 5.69 Å². The zero-order valence-electron chi connectivity index (χ0n) is 10.8. The summed E-state index contributed by atoms with van der Waals surface area (Å²) in [5.41, 5.74) is 1.93. The first-order valence-corrected chi connectivity index (χ1v) is 8.18. The summed E-state index contributed by atoms with van der Waals surface area (Å²) in [4.78, 5) is 5.53. The van der Waals surface area contributed by atoms with E-state index in [0.717, 1.165) is 16.2 Å². The molecule has 0 aliphatic rings. The average Bonchev–Trinajstić information content (AvgIpc) is 3.23. The third-order valence-corrected chi connectivity index (χ3v) is 4.61. The molecule has 0 fully saturated rings. The maximum absolute atomic E-state index is 5.64. The van der Waals surface area contributed by atoms with E-state index in [4.69, 9.17) is 4.42 Å². The molecule has 0 aliphatic heterocycles. The number of thioether (sulfide) groups is 1. The molecule has 21 heavy (non-hydrogen) atoms. The highest BCUT2D eigenvalue weighted by atomic mass is 32.2. The number of hydrogen-bond donors (Lipinski definition) is 0. The molecule has 0 aromatic carbocycles. The van der Waals surface area contributed by atoms with Crippen molar-refractivity contribution in [2.24, 2.45) is 0 Å². The Morgan fingerprint density at radius 2 is 2.19 bits per heavy atom. The molecule has 0 saturated carbocycles. The zero-order chi connectivity index (χ0) is 14.1. The second-order valence-corrected chi connectivity index (χ2v) is 6.21. The van der Waals surface area contributed by atoms with Crippen LogP contribution in [0.15, 0.2) is 57.7 Å². The first-order valence-electron chi connectivity index (χ1n) is 6.31. The summed E-state index contributed by atoms with van der Waals surface area (Å²) in [5.74, 6) is 1.27. The molecule has 0 unspecified atom stereocenters. The largest absolute Gasteiger partial charge is 0.410 e. The number of pyridine rings is 1. The van der Waals surface area contributed by atoms with Gasteiger partial charge in [-0.2, -0.15) is 0 Å². The van der Waals surface area contributed by atoms with Crippen molar-refractivity contribution in [3.63, 3.8) is 0 Å². The predicted molar refractivity (Wildman–Crippen MR) is 82.4 cm³/mol. The quantitative estimate of drug-likeness (QED) is 0.537. The Morgan fingerprint density at radius 1 is 1.19 bits per heavy atom. The summed E-state index contributed by atoms with van der Waals surface area (Å²) < 4.78 is 7.64. The first kappa shape index (κ1) is 12.6. The lowest BCUT2D eigenvalue weighted by molar-refractivity contribution is 0.466. The number of rotatable bonds is 4. The molecule has 0 aliphatic carbocycles. The Hall–Kier alpha value is -2.12. The van der Waals surface area contributed by atoms with Gasteiger partial charge in [-0.05, 0) is 23.6 Å². The van der Waals surface area contributed by atoms with E-state index >= 15 is 0 Å². The molecule has 4 aromatic heterocycles. The van der Waals surface area contributed by atoms with Crippen LogP contribution in [0.2, 0.25) is 0 Å². The third-order valence-electron chi connectivity index (χ3n) is 2.90. The van der Waals surface area contributed by atoms with Crippen molar-refractivity contribution in [3.8, 4) is 10.8 Å². The smallest absolute Gasteiger partial charge is 0.277 e. The van der Waals surface area contributed by atoms with Crippen LogP contribution in [0.3, 0.4) is 0 Å². The van der Waals surface area contributed by atoms with Crippen molar-refractivity contribution in [2.75, 3.05) is 0 Å². The Balaban J connectivity index is 1.49. The van der Waals surface area contributed by atoms with Crippen LogP contribution in [0.4, 0.5) is 0 Å². The van der Waals surface area contributed by atoms with Crippen LogP contribution >= 0.6 is 23.1 Å². The van der Waals surface area contributed by atoms with Crippen LogP contribution in [-0.4, -0.2) is 19.6 Å². The highest BCUT2D eigenvalue weighted by molar-refractivity contribution is 7.98. The van der Waals surface area contributed by atoms with Gasteiger partial charge in [-0.25, -0.2) is 4.98 Å². The summed E-state index contributed by atoms with van der Waals surface area (Å²) in [7, 11) is 0. The normalized spacial score (nSPS) is 11.2. The third kappa shape index (κ3) is 2.57. The van der Waals surface area contributed by atoms with Gasteiger partial charge in [-0.1, -0.05) is 23.9 Å². The van der Waals surface area contributed by atoms with Crippen LogP contribution < -0.4 is 0 Å². The SMILES string of the molecule is c1csc(-c2nnc(SCc3cn4ccccc4n3)o2)c1. The van der Waals surface area contributed by atoms with Gasteiger partial charge in [0.25, 0.3) is 11.1 Å². The Labute approximate surface area is 128 Å². The van der Waals surface area contributed by atoms with Gasteiger partial charge in [0.2, 0.25) is 0 Å². The standard InChI is InChI=1S/C14H10N4OS2/c1-2-6-18-8-10(15-12(18)5-1)9-21-14-17-16-13(19-14)11-4-3-7-20-11/h1-8H,9H2. The van der Waals surface area contributed by atoms with Crippen molar-refractivity contribution < 1.29 is 4.42 Å². The van der Waals surface area contributed by atoms with Crippen molar-refractivity contribution in [2.45, 2.75) is 11.0 Å². The minimum absolute atomic E-state index is 0.565. The Bertz CT molecular complexity index is 833. The molecule has 7 heteroatoms. The number of hydrogen-bond acceptors (Lipinski definition) is 6. The summed E-state index contributed by atoms with van der Waals surface area (Å²) in [5, 5.41) is 10.7. The fourth-order valence-corrected chi connectivity index (χ4v) is 3.25. The van der Waals surface area contributed by atoms with Gasteiger partial charge < -0.3 is 8.82 Å². The highest BCUT2D eigenvalue weighted by Crippen LogP contribution is 2.27. The van der Waals surface area contributed by atoms with Gasteiger partial charge in [0.1, 0.15) is 5.65 Å². The lowest BCUT2D eigenvalue weighted by atomic mass is 10.5. The second-order valence-electron chi connectivity index (χ2n) is 4.34. The van der Waals surface area contributed by atoms with E-state index in [9.17, 15) is 0 Å². The number of nitrogens with zero attached hydrogens (tertiary/aromatic N) is 4. The molecular formula is C14H10N4OS2. The first-order chi connectivity index (χ1) is 10.4. The molecule has 0 saturated heterocycles. The molecule has 0 spiro atoms. The molecule has 4 aromatic rings. The van der Waals surface area contributed by atoms with E-state index in [1.807, 2.05) is 52.5 Å².